The van der Waals surface area contributed by atoms with Crippen LogP contribution in [0.25, 0.3) is 0 Å². The monoisotopic (exact) mass is 259 g/mol. The summed E-state index contributed by atoms with van der Waals surface area (Å²) in [6.07, 6.45) is 11.5. The number of hydrogen-bond donors (Lipinski definition) is 1. The minimum absolute atomic E-state index is 0. The molecule has 0 saturated carbocycles. The maximum Gasteiger partial charge on any atom is 2.00 e. The first kappa shape index (κ1) is 21.8. The maximum absolute atomic E-state index is 10.2. The Morgan fingerprint density at radius 1 is 0.875 bits per heavy atom. The van der Waals surface area contributed by atoms with Crippen LogP contribution in [-0.4, -0.2) is 34.1 Å². The molecule has 0 aliphatic rings. The number of hydrogen-bond acceptors (Lipinski definition) is 1. The number of carboxylic acids is 1. The Hall–Kier alpha value is 0.526. The molecule has 2 nitrogen and oxygen atoms in total. The molecule has 0 aromatic heterocycles. The largest absolute Gasteiger partial charge is 2.00 e. The third-order valence-corrected chi connectivity index (χ3v) is 2.49. The Bertz CT molecular complexity index is 143. The van der Waals surface area contributed by atoms with Crippen LogP contribution in [0.3, 0.4) is 0 Å². The van der Waals surface area contributed by atoms with E-state index in [-0.39, 0.29) is 35.5 Å². The van der Waals surface area contributed by atoms with E-state index in [9.17, 15) is 4.79 Å². The molecule has 0 heterocycles. The van der Waals surface area contributed by atoms with Gasteiger partial charge in [0.15, 0.2) is 0 Å². The van der Waals surface area contributed by atoms with Gasteiger partial charge in [-0.2, -0.15) is 0 Å². The van der Waals surface area contributed by atoms with Gasteiger partial charge in [-0.15, -0.1) is 0 Å². The molecule has 0 rings (SSSR count). The summed E-state index contributed by atoms with van der Waals surface area (Å²) >= 11 is 0. The smallest absolute Gasteiger partial charge is 1.00 e. The molecule has 0 atom stereocenters. The minimum Gasteiger partial charge on any atom is -1.00 e. The fourth-order valence-electron chi connectivity index (χ4n) is 1.59. The maximum atomic E-state index is 10.2. The van der Waals surface area contributed by atoms with E-state index in [1.807, 2.05) is 0 Å². The first-order valence-corrected chi connectivity index (χ1v) is 5.99. The SMILES string of the molecule is CCCCCCCCCCCC(=O)O.[Cl-].[Mg+2]. The van der Waals surface area contributed by atoms with Crippen molar-refractivity contribution in [1.82, 2.24) is 0 Å². The predicted octanol–water partition coefficient (Wildman–Crippen LogP) is 0.615. The topological polar surface area (TPSA) is 37.3 Å². The van der Waals surface area contributed by atoms with Crippen molar-refractivity contribution >= 4 is 29.0 Å². The molecule has 0 fully saturated rings. The molecule has 0 aromatic carbocycles. The van der Waals surface area contributed by atoms with Crippen LogP contribution in [0.15, 0.2) is 0 Å². The van der Waals surface area contributed by atoms with Crippen LogP contribution in [0.1, 0.15) is 71.1 Å². The van der Waals surface area contributed by atoms with Gasteiger partial charge in [0.05, 0.1) is 0 Å². The third-order valence-electron chi connectivity index (χ3n) is 2.49. The molecule has 0 aromatic rings. The van der Waals surface area contributed by atoms with E-state index in [0.29, 0.717) is 6.42 Å². The molecule has 0 unspecified atom stereocenters. The number of aliphatic carboxylic acids is 1. The van der Waals surface area contributed by atoms with Gasteiger partial charge in [-0.25, -0.2) is 0 Å². The number of rotatable bonds is 10. The van der Waals surface area contributed by atoms with Crippen molar-refractivity contribution in [2.24, 2.45) is 0 Å². The van der Waals surface area contributed by atoms with E-state index in [0.717, 1.165) is 12.8 Å². The first-order chi connectivity index (χ1) is 6.77. The Kier molecular flexibility index (Phi) is 24.4. The van der Waals surface area contributed by atoms with Crippen molar-refractivity contribution in [1.29, 1.82) is 0 Å². The summed E-state index contributed by atoms with van der Waals surface area (Å²) in [6.45, 7) is 2.23. The molecule has 92 valence electrons. The summed E-state index contributed by atoms with van der Waals surface area (Å²) in [5.41, 5.74) is 0. The summed E-state index contributed by atoms with van der Waals surface area (Å²) < 4.78 is 0. The Morgan fingerprint density at radius 2 is 1.25 bits per heavy atom. The van der Waals surface area contributed by atoms with E-state index >= 15 is 0 Å². The molecule has 0 bridgehead atoms. The fraction of sp³-hybridized carbons (Fsp3) is 0.917. The molecule has 1 N–H and O–H groups in total. The normalized spacial score (nSPS) is 9.06. The van der Waals surface area contributed by atoms with Crippen LogP contribution in [0.4, 0.5) is 0 Å². The molecule has 0 aliphatic carbocycles. The van der Waals surface area contributed by atoms with Gasteiger partial charge in [-0.05, 0) is 6.42 Å². The number of carbonyl (C=O) groups is 1. The summed E-state index contributed by atoms with van der Waals surface area (Å²) in [5.74, 6) is -0.659. The molecule has 0 amide bonds. The number of unbranched alkanes of at least 4 members (excludes halogenated alkanes) is 8. The van der Waals surface area contributed by atoms with E-state index in [4.69, 9.17) is 5.11 Å². The minimum atomic E-state index is -0.659. The van der Waals surface area contributed by atoms with Crippen molar-refractivity contribution in [2.75, 3.05) is 0 Å². The van der Waals surface area contributed by atoms with Gasteiger partial charge in [0.25, 0.3) is 0 Å². The zero-order chi connectivity index (χ0) is 10.6. The van der Waals surface area contributed by atoms with Crippen LogP contribution in [-0.2, 0) is 4.79 Å². The molecular formula is C12H24ClMgO2+. The second-order valence-corrected chi connectivity index (χ2v) is 3.97. The van der Waals surface area contributed by atoms with Gasteiger partial charge in [0.2, 0.25) is 0 Å². The molecule has 0 saturated heterocycles. The Morgan fingerprint density at radius 3 is 1.62 bits per heavy atom. The molecule has 0 spiro atoms. The van der Waals surface area contributed by atoms with Crippen molar-refractivity contribution in [3.05, 3.63) is 0 Å². The molecule has 0 aliphatic heterocycles. The predicted molar refractivity (Wildman–Crippen MR) is 65.2 cm³/mol. The summed E-state index contributed by atoms with van der Waals surface area (Å²) in [4.78, 5) is 10.2. The van der Waals surface area contributed by atoms with Crippen LogP contribution < -0.4 is 12.4 Å². The molecule has 4 heteroatoms. The van der Waals surface area contributed by atoms with Crippen molar-refractivity contribution in [3.63, 3.8) is 0 Å². The number of carboxylic acid groups (broad SMARTS) is 1. The Balaban J connectivity index is -0.000000845. The first-order valence-electron chi connectivity index (χ1n) is 5.99. The van der Waals surface area contributed by atoms with Crippen molar-refractivity contribution < 1.29 is 22.3 Å². The van der Waals surface area contributed by atoms with E-state index in [1.165, 1.54) is 44.9 Å². The van der Waals surface area contributed by atoms with E-state index in [1.54, 1.807) is 0 Å². The zero-order valence-corrected chi connectivity index (χ0v) is 12.7. The van der Waals surface area contributed by atoms with Crippen LogP contribution in [0.2, 0.25) is 0 Å². The second-order valence-electron chi connectivity index (χ2n) is 3.97. The second kappa shape index (κ2) is 17.9. The van der Waals surface area contributed by atoms with Gasteiger partial charge < -0.3 is 17.5 Å². The Labute approximate surface area is 122 Å². The molecule has 0 radical (unpaired) electrons. The van der Waals surface area contributed by atoms with Crippen molar-refractivity contribution in [3.8, 4) is 0 Å². The quantitative estimate of drug-likeness (QED) is 0.461. The van der Waals surface area contributed by atoms with E-state index in [2.05, 4.69) is 6.92 Å². The summed E-state index contributed by atoms with van der Waals surface area (Å²) in [7, 11) is 0. The molecule has 16 heavy (non-hydrogen) atoms. The van der Waals surface area contributed by atoms with Crippen LogP contribution in [0, 0.1) is 0 Å². The van der Waals surface area contributed by atoms with Gasteiger partial charge >= 0.3 is 29.0 Å². The average molecular weight is 260 g/mol. The average Bonchev–Trinajstić information content (AvgIpc) is 2.15. The summed E-state index contributed by atoms with van der Waals surface area (Å²) in [6, 6.07) is 0. The van der Waals surface area contributed by atoms with Gasteiger partial charge in [0.1, 0.15) is 0 Å². The van der Waals surface area contributed by atoms with Crippen molar-refractivity contribution in [2.45, 2.75) is 71.1 Å². The van der Waals surface area contributed by atoms with Gasteiger partial charge in [0, 0.05) is 6.42 Å². The zero-order valence-electron chi connectivity index (χ0n) is 10.5. The standard InChI is InChI=1S/C12H24O2.ClH.Mg/c1-2-3-4-5-6-7-8-9-10-11-12(13)14;;/h2-11H2,1H3,(H,13,14);1H;/q;;+2/p-1. The summed E-state index contributed by atoms with van der Waals surface area (Å²) in [5, 5.41) is 8.41. The van der Waals surface area contributed by atoms with E-state index < -0.39 is 5.97 Å². The molecular weight excluding hydrogens is 236 g/mol. The van der Waals surface area contributed by atoms with Gasteiger partial charge in [-0.3, -0.25) is 4.79 Å². The third kappa shape index (κ3) is 20.0. The van der Waals surface area contributed by atoms with Crippen LogP contribution >= 0.6 is 0 Å². The van der Waals surface area contributed by atoms with Gasteiger partial charge in [-0.1, -0.05) is 58.3 Å². The van der Waals surface area contributed by atoms with Crippen LogP contribution in [0.5, 0.6) is 0 Å². The fourth-order valence-corrected chi connectivity index (χ4v) is 1.59. The number of halogens is 1.